The Morgan fingerprint density at radius 3 is 2.62 bits per heavy atom. The minimum atomic E-state index is -0.0192. The Kier molecular flexibility index (Phi) is 4.34. The second-order valence-electron chi connectivity index (χ2n) is 4.94. The number of fused-ring (bicyclic) bond motifs is 1. The van der Waals surface area contributed by atoms with Gasteiger partial charge in [0.2, 0.25) is 0 Å². The lowest BCUT2D eigenvalue weighted by Crippen LogP contribution is -2.38. The molecule has 0 atom stereocenters. The van der Waals surface area contributed by atoms with Crippen LogP contribution in [0.5, 0.6) is 0 Å². The third kappa shape index (κ3) is 2.87. The minimum Gasteiger partial charge on any atom is -0.355 e. The van der Waals surface area contributed by atoms with E-state index < -0.39 is 0 Å². The predicted octanol–water partition coefficient (Wildman–Crippen LogP) is 0.815. The van der Waals surface area contributed by atoms with E-state index in [0.717, 1.165) is 70.8 Å². The molecule has 3 rings (SSSR count). The molecular weight excluding hydrogens is 306 g/mol. The van der Waals surface area contributed by atoms with E-state index in [1.807, 2.05) is 10.6 Å². The summed E-state index contributed by atoms with van der Waals surface area (Å²) >= 11 is 0. The van der Waals surface area contributed by atoms with E-state index in [4.69, 9.17) is 4.98 Å². The summed E-state index contributed by atoms with van der Waals surface area (Å²) in [6.07, 6.45) is 1.65. The van der Waals surface area contributed by atoms with Crippen molar-refractivity contribution >= 4 is 31.1 Å². The summed E-state index contributed by atoms with van der Waals surface area (Å²) in [5.74, 6) is 4.67. The van der Waals surface area contributed by atoms with Gasteiger partial charge in [-0.3, -0.25) is 0 Å². The molecule has 6 nitrogen and oxygen atoms in total. The van der Waals surface area contributed by atoms with Gasteiger partial charge in [0.15, 0.2) is 11.5 Å². The highest BCUT2D eigenvalue weighted by Gasteiger charge is 2.18. The fourth-order valence-electron chi connectivity index (χ4n) is 2.45. The van der Waals surface area contributed by atoms with E-state index in [1.54, 1.807) is 0 Å². The van der Waals surface area contributed by atoms with Gasteiger partial charge in [0.1, 0.15) is 21.9 Å². The molecule has 0 saturated carbocycles. The SMILES string of the molecule is CCc1nc2cc(N3CCS(=S=O)CC3)nc(CC)n2n1. The van der Waals surface area contributed by atoms with E-state index in [1.165, 1.54) is 0 Å². The first-order chi connectivity index (χ1) is 10.2. The van der Waals surface area contributed by atoms with E-state index in [-0.39, 0.29) is 9.45 Å². The first-order valence-electron chi connectivity index (χ1n) is 7.23. The Bertz CT molecular complexity index is 713. The maximum Gasteiger partial charge on any atom is 0.161 e. The number of nitrogens with zero attached hydrogens (tertiary/aromatic N) is 5. The van der Waals surface area contributed by atoms with Crippen LogP contribution >= 0.6 is 0 Å². The van der Waals surface area contributed by atoms with Gasteiger partial charge in [-0.1, -0.05) is 23.3 Å². The fraction of sp³-hybridized carbons (Fsp3) is 0.615. The maximum atomic E-state index is 10.9. The molecule has 2 aromatic rings. The molecule has 8 heteroatoms. The second-order valence-corrected chi connectivity index (χ2v) is 8.59. The quantitative estimate of drug-likeness (QED) is 0.836. The molecule has 0 N–H and O–H groups in total. The molecule has 114 valence electrons. The van der Waals surface area contributed by atoms with Crippen LogP contribution in [0.15, 0.2) is 6.07 Å². The largest absolute Gasteiger partial charge is 0.355 e. The molecule has 1 saturated heterocycles. The third-order valence-electron chi connectivity index (χ3n) is 3.65. The second kappa shape index (κ2) is 6.23. The highest BCUT2D eigenvalue weighted by Crippen LogP contribution is 2.18. The monoisotopic (exact) mass is 325 g/mol. The summed E-state index contributed by atoms with van der Waals surface area (Å²) in [6.45, 7) is 5.94. The van der Waals surface area contributed by atoms with Gasteiger partial charge in [-0.15, -0.1) is 5.10 Å². The smallest absolute Gasteiger partial charge is 0.161 e. The van der Waals surface area contributed by atoms with Crippen LogP contribution in [0.3, 0.4) is 0 Å². The molecule has 0 amide bonds. The molecule has 1 aliphatic rings. The van der Waals surface area contributed by atoms with Gasteiger partial charge < -0.3 is 4.90 Å². The van der Waals surface area contributed by atoms with Crippen LogP contribution < -0.4 is 4.90 Å². The summed E-state index contributed by atoms with van der Waals surface area (Å²) in [5.41, 5.74) is 0.872. The molecule has 0 aromatic carbocycles. The molecule has 21 heavy (non-hydrogen) atoms. The maximum absolute atomic E-state index is 10.9. The van der Waals surface area contributed by atoms with Gasteiger partial charge in [0.25, 0.3) is 0 Å². The lowest BCUT2D eigenvalue weighted by Gasteiger charge is -2.28. The van der Waals surface area contributed by atoms with Gasteiger partial charge in [-0.2, -0.15) is 4.52 Å². The zero-order valence-corrected chi connectivity index (χ0v) is 13.9. The summed E-state index contributed by atoms with van der Waals surface area (Å²) in [7, 11) is 0.745. The molecule has 2 aromatic heterocycles. The average molecular weight is 325 g/mol. The predicted molar refractivity (Wildman–Crippen MR) is 87.0 cm³/mol. The Morgan fingerprint density at radius 1 is 1.24 bits per heavy atom. The molecule has 0 radical (unpaired) electrons. The van der Waals surface area contributed by atoms with Crippen LogP contribution in [0.4, 0.5) is 5.82 Å². The summed E-state index contributed by atoms with van der Waals surface area (Å²) < 4.78 is 12.8. The summed E-state index contributed by atoms with van der Waals surface area (Å²) in [4.78, 5) is 11.6. The number of hydrogen-bond acceptors (Lipinski definition) is 5. The van der Waals surface area contributed by atoms with E-state index >= 15 is 0 Å². The Morgan fingerprint density at radius 2 is 2.00 bits per heavy atom. The van der Waals surface area contributed by atoms with Crippen molar-refractivity contribution in [1.29, 1.82) is 0 Å². The number of anilines is 1. The van der Waals surface area contributed by atoms with Crippen LogP contribution in [0.2, 0.25) is 0 Å². The summed E-state index contributed by atoms with van der Waals surface area (Å²) in [5, 5.41) is 4.49. The van der Waals surface area contributed by atoms with Gasteiger partial charge in [0, 0.05) is 43.5 Å². The van der Waals surface area contributed by atoms with Crippen molar-refractivity contribution in [3.63, 3.8) is 0 Å². The minimum absolute atomic E-state index is 0.0192. The highest BCUT2D eigenvalue weighted by molar-refractivity contribution is 8.31. The number of aryl methyl sites for hydroxylation is 2. The van der Waals surface area contributed by atoms with Crippen molar-refractivity contribution in [3.05, 3.63) is 17.7 Å². The average Bonchev–Trinajstić information content (AvgIpc) is 2.97. The van der Waals surface area contributed by atoms with E-state index in [0.29, 0.717) is 0 Å². The Balaban J connectivity index is 1.97. The van der Waals surface area contributed by atoms with Gasteiger partial charge in [-0.05, 0) is 0 Å². The van der Waals surface area contributed by atoms with Crippen LogP contribution in [0, 0.1) is 0 Å². The van der Waals surface area contributed by atoms with Crippen molar-refractivity contribution in [2.24, 2.45) is 0 Å². The highest BCUT2D eigenvalue weighted by atomic mass is 32.8. The van der Waals surface area contributed by atoms with Crippen LogP contribution in [-0.2, 0) is 32.5 Å². The van der Waals surface area contributed by atoms with E-state index in [9.17, 15) is 4.21 Å². The Labute approximate surface area is 129 Å². The third-order valence-corrected chi connectivity index (χ3v) is 6.70. The van der Waals surface area contributed by atoms with Crippen LogP contribution in [-0.4, -0.2) is 48.4 Å². The van der Waals surface area contributed by atoms with E-state index in [2.05, 4.69) is 28.8 Å². The first-order valence-corrected chi connectivity index (χ1v) is 10.1. The summed E-state index contributed by atoms with van der Waals surface area (Å²) in [6, 6.07) is 2.01. The van der Waals surface area contributed by atoms with Crippen molar-refractivity contribution < 1.29 is 4.21 Å². The van der Waals surface area contributed by atoms with Gasteiger partial charge in [-0.25, -0.2) is 14.2 Å². The Hall–Kier alpha value is -1.28. The molecule has 1 aliphatic heterocycles. The molecular formula is C13H19N5OS2. The van der Waals surface area contributed by atoms with Crippen molar-refractivity contribution in [3.8, 4) is 0 Å². The molecule has 3 heterocycles. The molecule has 0 unspecified atom stereocenters. The zero-order valence-electron chi connectivity index (χ0n) is 12.3. The fourth-order valence-corrected chi connectivity index (χ4v) is 4.50. The lowest BCUT2D eigenvalue weighted by atomic mass is 10.4. The van der Waals surface area contributed by atoms with Crippen molar-refractivity contribution in [1.82, 2.24) is 19.6 Å². The van der Waals surface area contributed by atoms with Crippen LogP contribution in [0.1, 0.15) is 25.5 Å². The zero-order chi connectivity index (χ0) is 14.8. The van der Waals surface area contributed by atoms with Gasteiger partial charge >= 0.3 is 0 Å². The number of aromatic nitrogens is 4. The van der Waals surface area contributed by atoms with Crippen LogP contribution in [0.25, 0.3) is 5.65 Å². The van der Waals surface area contributed by atoms with Crippen molar-refractivity contribution in [2.75, 3.05) is 29.5 Å². The molecule has 0 spiro atoms. The van der Waals surface area contributed by atoms with Crippen molar-refractivity contribution in [2.45, 2.75) is 26.7 Å². The number of rotatable bonds is 3. The van der Waals surface area contributed by atoms with Gasteiger partial charge in [0.05, 0.1) is 0 Å². The molecule has 0 aliphatic carbocycles. The first kappa shape index (κ1) is 14.6. The standard InChI is InChI=1S/C13H19N5OS2/c1-3-10-14-13-9-12(15-11(4-2)18(13)16-10)17-5-7-21(20-19)8-6-17/h9H,3-8H2,1-2H3. The number of hydrogen-bond donors (Lipinski definition) is 0. The topological polar surface area (TPSA) is 63.4 Å². The lowest BCUT2D eigenvalue weighted by molar-refractivity contribution is 0.701. The molecule has 0 bridgehead atoms. The molecule has 1 fully saturated rings. The normalized spacial score (nSPS) is 16.6.